The number of hydrogen-bond donors (Lipinski definition) is 0. The number of pyridine rings is 1. The van der Waals surface area contributed by atoms with Gasteiger partial charge in [0, 0.05) is 45.3 Å². The zero-order valence-electron chi connectivity index (χ0n) is 42.0. The maximum atomic E-state index is 5.46. The van der Waals surface area contributed by atoms with Crippen molar-refractivity contribution >= 4 is 63.5 Å². The number of benzene rings is 10. The smallest absolute Gasteiger partial charge is 0.0715 e. The molecule has 0 saturated heterocycles. The fraction of sp³-hybridized carbons (Fsp3) is 0. The number of anilines is 6. The average Bonchev–Trinajstić information content (AvgIpc) is 3.48. The summed E-state index contributed by atoms with van der Waals surface area (Å²) in [6.07, 6.45) is 3.90. The highest BCUT2D eigenvalue weighted by Gasteiger charge is 2.17. The predicted octanol–water partition coefficient (Wildman–Crippen LogP) is 19.5. The van der Waals surface area contributed by atoms with E-state index in [0.29, 0.717) is 0 Å². The third-order valence-electron chi connectivity index (χ3n) is 13.5. The number of rotatable bonds is 15. The molecule has 0 radical (unpaired) electrons. The molecule has 0 saturated carbocycles. The van der Waals surface area contributed by atoms with Crippen molar-refractivity contribution in [3.05, 3.63) is 309 Å². The Hall–Kier alpha value is -8.97. The highest BCUT2D eigenvalue weighted by molar-refractivity contribution is 7.27. The Bertz CT molecular complexity index is 3870. The van der Waals surface area contributed by atoms with Crippen molar-refractivity contribution in [2.75, 3.05) is 9.80 Å². The summed E-state index contributed by atoms with van der Waals surface area (Å²) in [5.41, 5.74) is 21.4. The van der Waals surface area contributed by atoms with Crippen LogP contribution in [0.3, 0.4) is 0 Å². The summed E-state index contributed by atoms with van der Waals surface area (Å²) in [7, 11) is 5.47. The predicted molar refractivity (Wildman–Crippen MR) is 333 cm³/mol. The zero-order valence-corrected chi connectivity index (χ0v) is 44.4. The molecule has 0 aliphatic carbocycles. The maximum Gasteiger partial charge on any atom is 0.0715 e. The van der Waals surface area contributed by atoms with Gasteiger partial charge in [0.05, 0.1) is 11.4 Å². The van der Waals surface area contributed by atoms with E-state index in [1.165, 1.54) is 11.1 Å². The van der Waals surface area contributed by atoms with Gasteiger partial charge in [0.25, 0.3) is 0 Å². The molecule has 0 spiro atoms. The Labute approximate surface area is 452 Å². The molecule has 10 aromatic carbocycles. The first-order chi connectivity index (χ1) is 37.3. The second kappa shape index (κ2) is 22.7. The van der Waals surface area contributed by atoms with Crippen LogP contribution in [0, 0.1) is 0 Å². The van der Waals surface area contributed by atoms with Gasteiger partial charge >= 0.3 is 0 Å². The van der Waals surface area contributed by atoms with E-state index in [0.717, 1.165) is 112 Å². The van der Waals surface area contributed by atoms with E-state index in [2.05, 4.69) is 314 Å². The summed E-state index contributed by atoms with van der Waals surface area (Å²) < 4.78 is 0. The molecule has 0 amide bonds. The van der Waals surface area contributed by atoms with Crippen molar-refractivity contribution in [2.24, 2.45) is 0 Å². The van der Waals surface area contributed by atoms with Crippen molar-refractivity contribution in [1.82, 2.24) is 4.98 Å². The largest absolute Gasteiger partial charge is 0.310 e. The molecule has 11 aromatic rings. The lowest BCUT2D eigenvalue weighted by Gasteiger charge is -2.26. The molecule has 0 aliphatic heterocycles. The molecule has 2 atom stereocenters. The first-order valence-corrected chi connectivity index (χ1v) is 26.5. The van der Waals surface area contributed by atoms with E-state index in [-0.39, 0.29) is 0 Å². The highest BCUT2D eigenvalue weighted by Crippen LogP contribution is 2.41. The van der Waals surface area contributed by atoms with Crippen LogP contribution in [0.2, 0.25) is 0 Å². The van der Waals surface area contributed by atoms with Crippen LogP contribution in [0.1, 0.15) is 5.56 Å². The van der Waals surface area contributed by atoms with Crippen LogP contribution < -0.4 is 15.1 Å². The topological polar surface area (TPSA) is 19.4 Å². The van der Waals surface area contributed by atoms with Crippen molar-refractivity contribution in [3.63, 3.8) is 0 Å². The van der Waals surface area contributed by atoms with Crippen LogP contribution in [0.15, 0.2) is 304 Å². The minimum absolute atomic E-state index is 0.900. The van der Waals surface area contributed by atoms with Crippen molar-refractivity contribution in [3.8, 4) is 67.0 Å². The fourth-order valence-electron chi connectivity index (χ4n) is 9.82. The van der Waals surface area contributed by atoms with E-state index >= 15 is 0 Å². The number of nitrogens with zero attached hydrogens (tertiary/aromatic N) is 3. The van der Waals surface area contributed by atoms with Gasteiger partial charge in [-0.3, -0.25) is 0 Å². The molecule has 11 rings (SSSR count). The van der Waals surface area contributed by atoms with Gasteiger partial charge in [-0.1, -0.05) is 189 Å². The average molecular weight is 1010 g/mol. The Balaban J connectivity index is 0.937. The van der Waals surface area contributed by atoms with Gasteiger partial charge in [0.2, 0.25) is 0 Å². The second-order valence-electron chi connectivity index (χ2n) is 18.7. The van der Waals surface area contributed by atoms with E-state index in [9.17, 15) is 0 Å². The lowest BCUT2D eigenvalue weighted by molar-refractivity contribution is 1.28. The van der Waals surface area contributed by atoms with E-state index < -0.39 is 0 Å². The SMILES string of the molecule is C=C/C(=C\C(=C)P)c1ccc(N(c2ccccc2)c2cccc(-c3cccc(-c4cc(-c5ccccc5)cc(-c5cccc(-c6cccc(N(c7ccccc7)c7ccc(-c8cccc(P)c8)cc7)c6)c5)n4)c3)c2)cc1. The van der Waals surface area contributed by atoms with Crippen LogP contribution in [0.25, 0.3) is 72.6 Å². The minimum Gasteiger partial charge on any atom is -0.310 e. The summed E-state index contributed by atoms with van der Waals surface area (Å²) in [5.74, 6) is 0. The summed E-state index contributed by atoms with van der Waals surface area (Å²) in [6, 6.07) is 97.3. The van der Waals surface area contributed by atoms with Gasteiger partial charge in [-0.25, -0.2) is 4.98 Å². The maximum absolute atomic E-state index is 5.46. The molecule has 0 aliphatic rings. The normalized spacial score (nSPS) is 11.2. The van der Waals surface area contributed by atoms with Crippen molar-refractivity contribution in [2.45, 2.75) is 0 Å². The van der Waals surface area contributed by atoms with Gasteiger partial charge in [0.1, 0.15) is 0 Å². The molecule has 1 heterocycles. The Morgan fingerprint density at radius 2 is 0.711 bits per heavy atom. The Kier molecular flexibility index (Phi) is 14.7. The first-order valence-electron chi connectivity index (χ1n) is 25.4. The molecule has 2 unspecified atom stereocenters. The molecule has 1 aromatic heterocycles. The number of allylic oxidation sites excluding steroid dienone is 4. The van der Waals surface area contributed by atoms with Crippen LogP contribution in [-0.2, 0) is 0 Å². The lowest BCUT2D eigenvalue weighted by atomic mass is 9.96. The van der Waals surface area contributed by atoms with Crippen molar-refractivity contribution in [1.29, 1.82) is 0 Å². The molecule has 3 nitrogen and oxygen atoms in total. The quantitative estimate of drug-likeness (QED) is 0.0754. The zero-order chi connectivity index (χ0) is 51.8. The standard InChI is InChI=1S/C71H55N3P2/c1-3-51(42-50(2)75)53-34-38-65(39-35-53)73(63-27-9-5-10-28-63)67-31-15-22-57(45-67)55-20-13-25-60(43-55)70-48-62(52-18-7-4-8-19-52)49-71(72-70)61-26-14-21-56(44-61)58-23-16-32-68(46-58)74(64-29-11-6-12-30-64)66-40-36-54(37-41-66)59-24-17-33-69(76)47-59/h3-49H,1-2,75-76H2/b51-42+. The highest BCUT2D eigenvalue weighted by atomic mass is 31.0. The molecule has 76 heavy (non-hydrogen) atoms. The van der Waals surface area contributed by atoms with E-state index in [4.69, 9.17) is 4.98 Å². The fourth-order valence-corrected chi connectivity index (χ4v) is 10.3. The van der Waals surface area contributed by atoms with Gasteiger partial charge < -0.3 is 9.80 Å². The van der Waals surface area contributed by atoms with Crippen LogP contribution in [0.4, 0.5) is 34.1 Å². The molecular weight excluding hydrogens is 957 g/mol. The molecule has 0 N–H and O–H groups in total. The minimum atomic E-state index is 0.900. The van der Waals surface area contributed by atoms with Gasteiger partial charge in [-0.2, -0.15) is 0 Å². The van der Waals surface area contributed by atoms with Gasteiger partial charge in [0.15, 0.2) is 0 Å². The number of aromatic nitrogens is 1. The molecule has 5 heteroatoms. The Morgan fingerprint density at radius 3 is 1.18 bits per heavy atom. The molecular formula is C71H55N3P2. The number of para-hydroxylation sites is 2. The third kappa shape index (κ3) is 11.1. The number of hydrogen-bond acceptors (Lipinski definition) is 3. The third-order valence-corrected chi connectivity index (χ3v) is 14.0. The summed E-state index contributed by atoms with van der Waals surface area (Å²) in [4.78, 5) is 10.1. The van der Waals surface area contributed by atoms with Crippen LogP contribution >= 0.6 is 18.5 Å². The monoisotopic (exact) mass is 1010 g/mol. The molecule has 364 valence electrons. The molecule has 0 bridgehead atoms. The Morgan fingerprint density at radius 1 is 0.342 bits per heavy atom. The van der Waals surface area contributed by atoms with Gasteiger partial charge in [-0.05, 0) is 175 Å². The first kappa shape index (κ1) is 49.3. The van der Waals surface area contributed by atoms with Gasteiger partial charge in [-0.15, -0.1) is 18.5 Å². The summed E-state index contributed by atoms with van der Waals surface area (Å²) >= 11 is 0. The summed E-state index contributed by atoms with van der Waals surface area (Å²) in [6.45, 7) is 8.10. The van der Waals surface area contributed by atoms with E-state index in [1.54, 1.807) is 0 Å². The van der Waals surface area contributed by atoms with Crippen LogP contribution in [0.5, 0.6) is 0 Å². The molecule has 0 fully saturated rings. The summed E-state index contributed by atoms with van der Waals surface area (Å²) in [5, 5.41) is 2.07. The van der Waals surface area contributed by atoms with Crippen molar-refractivity contribution < 1.29 is 0 Å². The second-order valence-corrected chi connectivity index (χ2v) is 20.1. The van der Waals surface area contributed by atoms with Crippen LogP contribution in [-0.4, -0.2) is 4.98 Å². The lowest BCUT2D eigenvalue weighted by Crippen LogP contribution is -2.09. The van der Waals surface area contributed by atoms with E-state index in [1.807, 2.05) is 12.2 Å².